The molecule has 0 fully saturated rings. The van der Waals surface area contributed by atoms with Crippen LogP contribution in [0.5, 0.6) is 11.5 Å². The predicted molar refractivity (Wildman–Crippen MR) is 125 cm³/mol. The summed E-state index contributed by atoms with van der Waals surface area (Å²) < 4.78 is 22.5. The smallest absolute Gasteiger partial charge is 0.343 e. The minimum Gasteiger partial charge on any atom is -0.493 e. The Morgan fingerprint density at radius 3 is 2.48 bits per heavy atom. The minimum atomic E-state index is -0.526. The second-order valence-corrected chi connectivity index (χ2v) is 7.92. The van der Waals surface area contributed by atoms with Crippen LogP contribution in [0, 0.1) is 6.92 Å². The van der Waals surface area contributed by atoms with Crippen LogP contribution in [-0.2, 0) is 0 Å². The zero-order valence-corrected chi connectivity index (χ0v) is 18.4. The maximum atomic E-state index is 12.6. The average molecular weight is 461 g/mol. The van der Waals surface area contributed by atoms with E-state index < -0.39 is 11.6 Å². The van der Waals surface area contributed by atoms with Crippen LogP contribution in [0.1, 0.15) is 15.9 Å². The van der Waals surface area contributed by atoms with Gasteiger partial charge in [0, 0.05) is 27.4 Å². The van der Waals surface area contributed by atoms with Crippen LogP contribution in [0.4, 0.5) is 0 Å². The van der Waals surface area contributed by atoms with Crippen molar-refractivity contribution in [2.45, 2.75) is 6.92 Å². The van der Waals surface area contributed by atoms with Gasteiger partial charge in [0.2, 0.25) is 0 Å². The number of carbonyl (C=O) groups is 1. The minimum absolute atomic E-state index is 0.339. The fourth-order valence-corrected chi connectivity index (χ4v) is 3.80. The highest BCUT2D eigenvalue weighted by Crippen LogP contribution is 2.37. The number of rotatable bonds is 4. The van der Waals surface area contributed by atoms with E-state index in [-0.39, 0.29) is 0 Å². The maximum absolute atomic E-state index is 12.6. The largest absolute Gasteiger partial charge is 0.493 e. The molecular weight excluding hydrogens is 444 g/mol. The van der Waals surface area contributed by atoms with Crippen LogP contribution < -0.4 is 15.1 Å². The van der Waals surface area contributed by atoms with Crippen molar-refractivity contribution in [1.29, 1.82) is 0 Å². The fourth-order valence-electron chi connectivity index (χ4n) is 3.68. The van der Waals surface area contributed by atoms with Crippen molar-refractivity contribution in [1.82, 2.24) is 0 Å². The molecule has 0 saturated heterocycles. The van der Waals surface area contributed by atoms with E-state index in [1.165, 1.54) is 6.07 Å². The lowest BCUT2D eigenvalue weighted by atomic mass is 10.0. The second-order valence-electron chi connectivity index (χ2n) is 7.48. The highest BCUT2D eigenvalue weighted by atomic mass is 35.5. The molecule has 6 nitrogen and oxygen atoms in total. The maximum Gasteiger partial charge on any atom is 0.343 e. The Morgan fingerprint density at radius 2 is 1.73 bits per heavy atom. The van der Waals surface area contributed by atoms with Gasteiger partial charge in [0.1, 0.15) is 17.1 Å². The summed E-state index contributed by atoms with van der Waals surface area (Å²) in [5.41, 5.74) is 1.92. The summed E-state index contributed by atoms with van der Waals surface area (Å²) in [6.45, 7) is 1.77. The number of esters is 1. The molecule has 0 bridgehead atoms. The molecule has 0 aliphatic carbocycles. The number of methoxy groups -OCH3 is 1. The topological polar surface area (TPSA) is 78.9 Å². The summed E-state index contributed by atoms with van der Waals surface area (Å²) in [5.74, 6) is 0.860. The van der Waals surface area contributed by atoms with E-state index in [1.807, 2.05) is 18.2 Å². The van der Waals surface area contributed by atoms with Crippen molar-refractivity contribution in [3.05, 3.63) is 93.3 Å². The van der Waals surface area contributed by atoms with Crippen molar-refractivity contribution < 1.29 is 23.1 Å². The third-order valence-electron chi connectivity index (χ3n) is 5.32. The molecule has 0 spiro atoms. The van der Waals surface area contributed by atoms with Gasteiger partial charge in [-0.2, -0.15) is 0 Å². The normalized spacial score (nSPS) is 11.1. The molecule has 164 valence electrons. The van der Waals surface area contributed by atoms with Crippen LogP contribution in [-0.4, -0.2) is 13.1 Å². The Balaban J connectivity index is 1.63. The number of furan rings is 1. The molecular formula is C26H17ClO6. The van der Waals surface area contributed by atoms with Gasteiger partial charge in [-0.05, 0) is 61.0 Å². The number of hydrogen-bond acceptors (Lipinski definition) is 6. The van der Waals surface area contributed by atoms with Gasteiger partial charge in [-0.3, -0.25) is 0 Å². The summed E-state index contributed by atoms with van der Waals surface area (Å²) in [6, 6.07) is 18.5. The van der Waals surface area contributed by atoms with Crippen LogP contribution in [0.15, 0.2) is 80.4 Å². The van der Waals surface area contributed by atoms with Gasteiger partial charge in [-0.25, -0.2) is 9.59 Å². The molecule has 0 amide bonds. The molecule has 0 radical (unpaired) electrons. The van der Waals surface area contributed by atoms with Gasteiger partial charge in [0.05, 0.1) is 12.7 Å². The number of carbonyl (C=O) groups excluding carboxylic acids is 1. The lowest BCUT2D eigenvalue weighted by Gasteiger charge is -2.10. The van der Waals surface area contributed by atoms with E-state index in [4.69, 9.17) is 29.9 Å². The Labute approximate surface area is 192 Å². The molecule has 7 heteroatoms. The molecule has 5 rings (SSSR count). The summed E-state index contributed by atoms with van der Waals surface area (Å²) in [6.07, 6.45) is 0. The lowest BCUT2D eigenvalue weighted by molar-refractivity contribution is 0.0733. The van der Waals surface area contributed by atoms with Crippen LogP contribution >= 0.6 is 11.6 Å². The van der Waals surface area contributed by atoms with Crippen LogP contribution in [0.2, 0.25) is 5.02 Å². The first-order valence-electron chi connectivity index (χ1n) is 10.1. The van der Waals surface area contributed by atoms with Crippen molar-refractivity contribution in [2.75, 3.05) is 7.11 Å². The van der Waals surface area contributed by atoms with Gasteiger partial charge in [0.15, 0.2) is 11.3 Å². The van der Waals surface area contributed by atoms with Crippen LogP contribution in [0.25, 0.3) is 33.3 Å². The van der Waals surface area contributed by atoms with Crippen molar-refractivity contribution >= 4 is 39.5 Å². The van der Waals surface area contributed by atoms with Gasteiger partial charge in [-0.1, -0.05) is 23.7 Å². The highest BCUT2D eigenvalue weighted by molar-refractivity contribution is 6.30. The third kappa shape index (κ3) is 3.85. The van der Waals surface area contributed by atoms with Gasteiger partial charge in [-0.15, -0.1) is 0 Å². The third-order valence-corrected chi connectivity index (χ3v) is 5.57. The van der Waals surface area contributed by atoms with Gasteiger partial charge < -0.3 is 18.3 Å². The van der Waals surface area contributed by atoms with Crippen molar-refractivity contribution in [3.8, 4) is 22.8 Å². The van der Waals surface area contributed by atoms with Crippen LogP contribution in [0.3, 0.4) is 0 Å². The van der Waals surface area contributed by atoms with E-state index in [2.05, 4.69) is 0 Å². The van der Waals surface area contributed by atoms with Crippen molar-refractivity contribution in [2.24, 2.45) is 0 Å². The summed E-state index contributed by atoms with van der Waals surface area (Å²) in [7, 11) is 1.56. The zero-order chi connectivity index (χ0) is 23.1. The summed E-state index contributed by atoms with van der Waals surface area (Å²) in [4.78, 5) is 24.9. The first kappa shape index (κ1) is 20.8. The zero-order valence-electron chi connectivity index (χ0n) is 17.7. The molecule has 5 aromatic rings. The number of halogens is 1. The van der Waals surface area contributed by atoms with Gasteiger partial charge in [0.25, 0.3) is 0 Å². The molecule has 2 heterocycles. The van der Waals surface area contributed by atoms with E-state index in [9.17, 15) is 9.59 Å². The fraction of sp³-hybridized carbons (Fsp3) is 0.0769. The first-order chi connectivity index (χ1) is 15.9. The molecule has 2 aromatic heterocycles. The average Bonchev–Trinajstić information content (AvgIpc) is 3.24. The molecule has 3 aromatic carbocycles. The molecule has 0 N–H and O–H groups in total. The Bertz CT molecular complexity index is 1580. The Kier molecular flexibility index (Phi) is 5.15. The van der Waals surface area contributed by atoms with E-state index in [0.29, 0.717) is 55.5 Å². The Morgan fingerprint density at radius 1 is 0.939 bits per heavy atom. The SMILES string of the molecule is COc1cccc2cc(-c3cc(=O)oc4cc(C)c(OC(=O)c5ccc(Cl)cc5)cc34)oc12. The molecule has 0 unspecified atom stereocenters. The number of aryl methyl sites for hydroxylation is 1. The second kappa shape index (κ2) is 8.15. The van der Waals surface area contributed by atoms with E-state index in [1.54, 1.807) is 56.5 Å². The molecule has 33 heavy (non-hydrogen) atoms. The Hall–Kier alpha value is -4.03. The number of fused-ring (bicyclic) bond motifs is 2. The predicted octanol–water partition coefficient (Wildman–Crippen LogP) is 6.40. The standard InChI is InChI=1S/C26H17ClO6/c1-14-10-22-18(12-21(14)33-26(29)15-6-8-17(27)9-7-15)19(13-24(28)31-22)23-11-16-4-3-5-20(30-2)25(16)32-23/h3-13H,1-2H3. The molecule has 0 saturated carbocycles. The molecule has 0 atom stereocenters. The molecule has 0 aliphatic rings. The lowest BCUT2D eigenvalue weighted by Crippen LogP contribution is -2.09. The number of ether oxygens (including phenoxy) is 2. The number of para-hydroxylation sites is 1. The monoisotopic (exact) mass is 460 g/mol. The quantitative estimate of drug-likeness (QED) is 0.175. The highest BCUT2D eigenvalue weighted by Gasteiger charge is 2.18. The number of benzene rings is 3. The molecule has 0 aliphatic heterocycles. The van der Waals surface area contributed by atoms with E-state index in [0.717, 1.165) is 5.39 Å². The first-order valence-corrected chi connectivity index (χ1v) is 10.4. The summed E-state index contributed by atoms with van der Waals surface area (Å²) >= 11 is 5.90. The van der Waals surface area contributed by atoms with Gasteiger partial charge >= 0.3 is 11.6 Å². The number of hydrogen-bond donors (Lipinski definition) is 0. The van der Waals surface area contributed by atoms with Crippen molar-refractivity contribution in [3.63, 3.8) is 0 Å². The van der Waals surface area contributed by atoms with E-state index >= 15 is 0 Å². The summed E-state index contributed by atoms with van der Waals surface area (Å²) in [5, 5.41) is 1.92.